The van der Waals surface area contributed by atoms with Crippen molar-refractivity contribution < 1.29 is 30.0 Å². The molecule has 2 aromatic rings. The fraction of sp³-hybridized carbons (Fsp3) is 0.0714. The van der Waals surface area contributed by atoms with Gasteiger partial charge in [-0.05, 0) is 50.1 Å². The van der Waals surface area contributed by atoms with E-state index in [1.807, 2.05) is 0 Å². The number of rotatable bonds is 3. The van der Waals surface area contributed by atoms with Crippen molar-refractivity contribution in [3.63, 3.8) is 0 Å². The first-order chi connectivity index (χ1) is 10.3. The van der Waals surface area contributed by atoms with Crippen LogP contribution in [0.4, 0.5) is 0 Å². The first-order valence-electron chi connectivity index (χ1n) is 5.83. The zero-order valence-electron chi connectivity index (χ0n) is 11.1. The van der Waals surface area contributed by atoms with E-state index in [1.165, 1.54) is 19.2 Å². The van der Waals surface area contributed by atoms with Gasteiger partial charge in [-0.1, -0.05) is 0 Å². The summed E-state index contributed by atoms with van der Waals surface area (Å²) in [5, 5.41) is 38.5. The summed E-state index contributed by atoms with van der Waals surface area (Å²) >= 11 is 6.20. The molecular weight excluding hydrogens is 424 g/mol. The van der Waals surface area contributed by atoms with E-state index in [0.717, 1.165) is 6.07 Å². The Kier molecular flexibility index (Phi) is 4.52. The Morgan fingerprint density at radius 2 is 1.64 bits per heavy atom. The van der Waals surface area contributed by atoms with Crippen molar-refractivity contribution in [3.8, 4) is 28.7 Å². The smallest absolute Gasteiger partial charge is 0.202 e. The van der Waals surface area contributed by atoms with Gasteiger partial charge in [0.2, 0.25) is 5.75 Å². The fourth-order valence-corrected chi connectivity index (χ4v) is 3.40. The lowest BCUT2D eigenvalue weighted by Gasteiger charge is -2.14. The van der Waals surface area contributed by atoms with Crippen molar-refractivity contribution in [2.24, 2.45) is 0 Å². The molecule has 0 atom stereocenters. The first kappa shape index (κ1) is 16.4. The normalized spacial score (nSPS) is 10.5. The lowest BCUT2D eigenvalue weighted by atomic mass is 10.0. The molecular formula is C14H10Br2O6. The average molecular weight is 434 g/mol. The van der Waals surface area contributed by atoms with Gasteiger partial charge < -0.3 is 25.2 Å². The van der Waals surface area contributed by atoms with Gasteiger partial charge in [0.1, 0.15) is 0 Å². The molecule has 0 aliphatic heterocycles. The summed E-state index contributed by atoms with van der Waals surface area (Å²) in [5.41, 5.74) is 0.0704. The first-order valence-corrected chi connectivity index (χ1v) is 7.41. The van der Waals surface area contributed by atoms with Crippen LogP contribution < -0.4 is 4.74 Å². The predicted octanol–water partition coefficient (Wildman–Crippen LogP) is 3.27. The van der Waals surface area contributed by atoms with Crippen LogP contribution in [0, 0.1) is 0 Å². The van der Waals surface area contributed by atoms with Gasteiger partial charge in [0.05, 0.1) is 21.6 Å². The number of hydrogen-bond donors (Lipinski definition) is 4. The molecule has 0 saturated heterocycles. The van der Waals surface area contributed by atoms with Gasteiger partial charge in [0, 0.05) is 5.56 Å². The van der Waals surface area contributed by atoms with E-state index >= 15 is 0 Å². The number of ketones is 1. The molecule has 0 heterocycles. The van der Waals surface area contributed by atoms with E-state index < -0.39 is 23.0 Å². The highest BCUT2D eigenvalue weighted by molar-refractivity contribution is 9.11. The van der Waals surface area contributed by atoms with Gasteiger partial charge in [-0.3, -0.25) is 4.79 Å². The third-order valence-corrected chi connectivity index (χ3v) is 4.48. The van der Waals surface area contributed by atoms with Crippen LogP contribution in [0.15, 0.2) is 27.1 Å². The molecule has 0 unspecified atom stereocenters. The molecule has 6 nitrogen and oxygen atoms in total. The largest absolute Gasteiger partial charge is 0.504 e. The Balaban J connectivity index is 2.68. The van der Waals surface area contributed by atoms with Gasteiger partial charge in [-0.2, -0.15) is 0 Å². The monoisotopic (exact) mass is 432 g/mol. The molecule has 0 fully saturated rings. The highest BCUT2D eigenvalue weighted by Crippen LogP contribution is 2.49. The standard InChI is InChI=1S/C14H10Br2O6/c1-22-14-10(16)8(9(15)12(20)13(14)21)11(19)5-2-3-6(17)7(18)4-5/h2-4,17-18,20-21H,1H3. The van der Waals surface area contributed by atoms with Crippen molar-refractivity contribution in [2.45, 2.75) is 0 Å². The summed E-state index contributed by atoms with van der Waals surface area (Å²) in [7, 11) is 1.27. The van der Waals surface area contributed by atoms with Crippen molar-refractivity contribution in [2.75, 3.05) is 7.11 Å². The number of benzene rings is 2. The third kappa shape index (κ3) is 2.59. The number of carbonyl (C=O) groups is 1. The molecule has 0 radical (unpaired) electrons. The van der Waals surface area contributed by atoms with Gasteiger partial charge in [-0.25, -0.2) is 0 Å². The Morgan fingerprint density at radius 3 is 2.18 bits per heavy atom. The number of carbonyl (C=O) groups excluding carboxylic acids is 1. The lowest BCUT2D eigenvalue weighted by molar-refractivity contribution is 0.103. The van der Waals surface area contributed by atoms with Crippen LogP contribution in [0.25, 0.3) is 0 Å². The third-order valence-electron chi connectivity index (χ3n) is 2.95. The molecule has 0 aliphatic carbocycles. The molecule has 0 bridgehead atoms. The fourth-order valence-electron chi connectivity index (χ4n) is 1.84. The van der Waals surface area contributed by atoms with Gasteiger partial charge in [-0.15, -0.1) is 0 Å². The molecule has 22 heavy (non-hydrogen) atoms. The second-order valence-electron chi connectivity index (χ2n) is 4.27. The molecule has 0 spiro atoms. The Morgan fingerprint density at radius 1 is 1.00 bits per heavy atom. The van der Waals surface area contributed by atoms with E-state index in [-0.39, 0.29) is 31.6 Å². The van der Waals surface area contributed by atoms with Gasteiger partial charge in [0.15, 0.2) is 28.8 Å². The topological polar surface area (TPSA) is 107 Å². The SMILES string of the molecule is COc1c(O)c(O)c(Br)c(C(=O)c2ccc(O)c(O)c2)c1Br. The van der Waals surface area contributed by atoms with Crippen molar-refractivity contribution in [1.82, 2.24) is 0 Å². The van der Waals surface area contributed by atoms with Crippen LogP contribution in [0.1, 0.15) is 15.9 Å². The number of phenols is 4. The minimum Gasteiger partial charge on any atom is -0.504 e. The maximum absolute atomic E-state index is 12.6. The number of hydrogen-bond acceptors (Lipinski definition) is 6. The summed E-state index contributed by atoms with van der Waals surface area (Å²) in [6.45, 7) is 0. The number of halogens is 2. The van der Waals surface area contributed by atoms with Crippen LogP contribution in [0.2, 0.25) is 0 Å². The molecule has 0 aliphatic rings. The number of ether oxygens (including phenoxy) is 1. The van der Waals surface area contributed by atoms with Crippen LogP contribution in [-0.4, -0.2) is 33.3 Å². The van der Waals surface area contributed by atoms with Crippen LogP contribution in [-0.2, 0) is 0 Å². The number of phenolic OH excluding ortho intramolecular Hbond substituents is 4. The van der Waals surface area contributed by atoms with Crippen LogP contribution >= 0.6 is 31.9 Å². The Hall–Kier alpha value is -1.93. The zero-order valence-corrected chi connectivity index (χ0v) is 14.3. The second kappa shape index (κ2) is 6.05. The van der Waals surface area contributed by atoms with Gasteiger partial charge in [0.25, 0.3) is 0 Å². The van der Waals surface area contributed by atoms with Crippen molar-refractivity contribution in [3.05, 3.63) is 38.3 Å². The van der Waals surface area contributed by atoms with Gasteiger partial charge >= 0.3 is 0 Å². The maximum Gasteiger partial charge on any atom is 0.202 e. The molecule has 0 saturated carbocycles. The summed E-state index contributed by atoms with van der Waals surface area (Å²) in [4.78, 5) is 12.6. The highest BCUT2D eigenvalue weighted by atomic mass is 79.9. The number of methoxy groups -OCH3 is 1. The average Bonchev–Trinajstić information content (AvgIpc) is 2.48. The second-order valence-corrected chi connectivity index (χ2v) is 5.85. The lowest BCUT2D eigenvalue weighted by Crippen LogP contribution is -2.05. The van der Waals surface area contributed by atoms with E-state index in [1.54, 1.807) is 0 Å². The minimum atomic E-state index is -0.567. The van der Waals surface area contributed by atoms with E-state index in [0.29, 0.717) is 0 Å². The molecule has 2 aromatic carbocycles. The molecule has 4 N–H and O–H groups in total. The summed E-state index contributed by atoms with van der Waals surface area (Å²) in [5.74, 6) is -2.55. The summed E-state index contributed by atoms with van der Waals surface area (Å²) in [6, 6.07) is 3.57. The Labute approximate surface area is 141 Å². The molecule has 116 valence electrons. The predicted molar refractivity (Wildman–Crippen MR) is 84.9 cm³/mol. The van der Waals surface area contributed by atoms with E-state index in [9.17, 15) is 25.2 Å². The van der Waals surface area contributed by atoms with Crippen molar-refractivity contribution in [1.29, 1.82) is 0 Å². The Bertz CT molecular complexity index is 773. The molecule has 0 aromatic heterocycles. The van der Waals surface area contributed by atoms with E-state index in [4.69, 9.17) is 4.74 Å². The number of aromatic hydroxyl groups is 4. The van der Waals surface area contributed by atoms with Crippen LogP contribution in [0.3, 0.4) is 0 Å². The molecule has 0 amide bonds. The van der Waals surface area contributed by atoms with Crippen molar-refractivity contribution >= 4 is 37.6 Å². The molecule has 2 rings (SSSR count). The minimum absolute atomic E-state index is 0.00256. The van der Waals surface area contributed by atoms with Crippen LogP contribution in [0.5, 0.6) is 28.7 Å². The zero-order chi connectivity index (χ0) is 16.6. The quantitative estimate of drug-likeness (QED) is 0.437. The highest BCUT2D eigenvalue weighted by Gasteiger charge is 2.27. The summed E-state index contributed by atoms with van der Waals surface area (Å²) < 4.78 is 5.06. The summed E-state index contributed by atoms with van der Waals surface area (Å²) in [6.07, 6.45) is 0. The molecule has 8 heteroatoms. The van der Waals surface area contributed by atoms with E-state index in [2.05, 4.69) is 31.9 Å². The maximum atomic E-state index is 12.6.